The monoisotopic (exact) mass is 715 g/mol. The predicted octanol–water partition coefficient (Wildman–Crippen LogP) is 8.39. The first-order valence-corrected chi connectivity index (χ1v) is 20.1. The van der Waals surface area contributed by atoms with Crippen LogP contribution in [0.15, 0.2) is 0 Å². The number of likely N-dealkylation sites (N-methyl/N-ethyl adjacent to an activating group) is 1. The van der Waals surface area contributed by atoms with E-state index >= 15 is 0 Å². The summed E-state index contributed by atoms with van der Waals surface area (Å²) in [6.45, 7) is 5.71. The molecule has 0 aromatic rings. The molecule has 0 saturated heterocycles. The summed E-state index contributed by atoms with van der Waals surface area (Å²) >= 11 is 0. The average Bonchev–Trinajstić information content (AvgIpc) is 3.04. The Balaban J connectivity index is 3.85. The van der Waals surface area contributed by atoms with Crippen molar-refractivity contribution in [3.8, 4) is 0 Å². The van der Waals surface area contributed by atoms with Gasteiger partial charge in [-0.25, -0.2) is 0 Å². The van der Waals surface area contributed by atoms with E-state index in [1.165, 1.54) is 26.2 Å². The summed E-state index contributed by atoms with van der Waals surface area (Å²) in [6.07, 6.45) is 21.5. The van der Waals surface area contributed by atoms with Gasteiger partial charge in [0.1, 0.15) is 19.3 Å². The fourth-order valence-electron chi connectivity index (χ4n) is 5.64. The van der Waals surface area contributed by atoms with E-state index in [-0.39, 0.29) is 36.7 Å². The van der Waals surface area contributed by atoms with Crippen LogP contribution in [0.3, 0.4) is 0 Å². The van der Waals surface area contributed by atoms with Gasteiger partial charge in [0.05, 0.1) is 40.5 Å². The first-order valence-electron chi connectivity index (χ1n) is 20.1. The Morgan fingerprint density at radius 2 is 0.960 bits per heavy atom. The van der Waals surface area contributed by atoms with Gasteiger partial charge in [0.25, 0.3) is 0 Å². The summed E-state index contributed by atoms with van der Waals surface area (Å²) < 4.78 is 22.0. The maximum atomic E-state index is 12.5. The van der Waals surface area contributed by atoms with Crippen molar-refractivity contribution in [3.63, 3.8) is 0 Å². The van der Waals surface area contributed by atoms with E-state index in [1.807, 2.05) is 21.1 Å². The molecule has 0 rings (SSSR count). The quantitative estimate of drug-likeness (QED) is 0.0298. The molecule has 0 amide bonds. The highest BCUT2D eigenvalue weighted by Crippen LogP contribution is 2.19. The van der Waals surface area contributed by atoms with Crippen molar-refractivity contribution >= 4 is 23.9 Å². The first kappa shape index (κ1) is 47.8. The van der Waals surface area contributed by atoms with E-state index in [0.29, 0.717) is 45.5 Å². The molecule has 10 nitrogen and oxygen atoms in total. The van der Waals surface area contributed by atoms with Gasteiger partial charge in [0.15, 0.2) is 0 Å². The number of carbonyl (C=O) groups is 4. The van der Waals surface area contributed by atoms with Crippen LogP contribution in [0.5, 0.6) is 0 Å². The minimum absolute atomic E-state index is 0.0822. The standard InChI is InChI=1S/C40H76NO9/c1-6-7-20-27-37(50-40(46)30-25-29-39(45)49-34-31-41(3,4)5)36(43)26-21-16-12-8-9-13-17-22-28-38(44)48-33-24-19-15-11-10-14-18-23-32-47-35(2)42/h36-37,43H,6-34H2,1-5H3/q+1. The SMILES string of the molecule is CCCCCC(OC(=O)CCCC(=O)OCC[N+](C)(C)C)C(O)CCCCCCCCCCC(=O)OCCCCCCCCCCOC(C)=O. The molecule has 0 radical (unpaired) electrons. The van der Waals surface area contributed by atoms with Crippen LogP contribution in [0.2, 0.25) is 0 Å². The Hall–Kier alpha value is -2.20. The minimum atomic E-state index is -0.669. The van der Waals surface area contributed by atoms with Gasteiger partial charge in [0, 0.05) is 26.2 Å². The van der Waals surface area contributed by atoms with Crippen molar-refractivity contribution in [1.82, 2.24) is 0 Å². The topological polar surface area (TPSA) is 125 Å². The van der Waals surface area contributed by atoms with Gasteiger partial charge in [-0.1, -0.05) is 103 Å². The molecule has 1 N–H and O–H groups in total. The van der Waals surface area contributed by atoms with Crippen molar-refractivity contribution < 1.29 is 47.7 Å². The van der Waals surface area contributed by atoms with Crippen LogP contribution in [0, 0.1) is 0 Å². The molecule has 10 heteroatoms. The third kappa shape index (κ3) is 34.3. The Kier molecular flexibility index (Phi) is 31.3. The molecule has 2 atom stereocenters. The third-order valence-electron chi connectivity index (χ3n) is 8.83. The van der Waals surface area contributed by atoms with E-state index in [9.17, 15) is 24.3 Å². The first-order chi connectivity index (χ1) is 23.9. The summed E-state index contributed by atoms with van der Waals surface area (Å²) in [5.41, 5.74) is 0. The van der Waals surface area contributed by atoms with E-state index < -0.39 is 12.2 Å². The fraction of sp³-hybridized carbons (Fsp3) is 0.900. The smallest absolute Gasteiger partial charge is 0.306 e. The molecule has 0 aliphatic rings. The number of ether oxygens (including phenoxy) is 4. The van der Waals surface area contributed by atoms with Gasteiger partial charge in [-0.15, -0.1) is 0 Å². The normalized spacial score (nSPS) is 12.7. The number of nitrogens with zero attached hydrogens (tertiary/aromatic N) is 1. The molecule has 0 aromatic carbocycles. The van der Waals surface area contributed by atoms with Crippen molar-refractivity contribution in [2.24, 2.45) is 0 Å². The van der Waals surface area contributed by atoms with Gasteiger partial charge < -0.3 is 28.5 Å². The number of hydrogen-bond donors (Lipinski definition) is 1. The number of esters is 4. The summed E-state index contributed by atoms with van der Waals surface area (Å²) in [4.78, 5) is 47.2. The number of aliphatic hydroxyl groups excluding tert-OH is 1. The van der Waals surface area contributed by atoms with Gasteiger partial charge in [-0.2, -0.15) is 0 Å². The minimum Gasteiger partial charge on any atom is -0.466 e. The number of quaternary nitrogens is 1. The maximum absolute atomic E-state index is 12.5. The van der Waals surface area contributed by atoms with Crippen molar-refractivity contribution in [2.75, 3.05) is 47.5 Å². The van der Waals surface area contributed by atoms with E-state index in [4.69, 9.17) is 18.9 Å². The Bertz CT molecular complexity index is 858. The van der Waals surface area contributed by atoms with Crippen LogP contribution < -0.4 is 0 Å². The molecule has 0 saturated carbocycles. The van der Waals surface area contributed by atoms with Gasteiger partial charge >= 0.3 is 23.9 Å². The summed E-state index contributed by atoms with van der Waals surface area (Å²) in [7, 11) is 6.11. The predicted molar refractivity (Wildman–Crippen MR) is 198 cm³/mol. The number of aliphatic hydroxyl groups is 1. The van der Waals surface area contributed by atoms with Crippen LogP contribution in [-0.2, 0) is 38.1 Å². The molecule has 50 heavy (non-hydrogen) atoms. The third-order valence-corrected chi connectivity index (χ3v) is 8.83. The lowest BCUT2D eigenvalue weighted by Crippen LogP contribution is -2.38. The van der Waals surface area contributed by atoms with Crippen LogP contribution in [-0.4, -0.2) is 93.2 Å². The largest absolute Gasteiger partial charge is 0.466 e. The van der Waals surface area contributed by atoms with E-state index in [0.717, 1.165) is 114 Å². The summed E-state index contributed by atoms with van der Waals surface area (Å²) in [5, 5.41) is 10.8. The summed E-state index contributed by atoms with van der Waals surface area (Å²) in [5.74, 6) is -0.941. The molecule has 0 bridgehead atoms. The van der Waals surface area contributed by atoms with Gasteiger partial charge in [-0.05, 0) is 44.9 Å². The molecule has 0 aliphatic carbocycles. The van der Waals surface area contributed by atoms with Crippen molar-refractivity contribution in [2.45, 2.75) is 187 Å². The van der Waals surface area contributed by atoms with Gasteiger partial charge in [0.2, 0.25) is 0 Å². The molecule has 0 aromatic heterocycles. The van der Waals surface area contributed by atoms with Crippen LogP contribution in [0.25, 0.3) is 0 Å². The molecule has 0 heterocycles. The average molecular weight is 715 g/mol. The van der Waals surface area contributed by atoms with Crippen molar-refractivity contribution in [1.29, 1.82) is 0 Å². The lowest BCUT2D eigenvalue weighted by molar-refractivity contribution is -0.870. The Morgan fingerprint density at radius 1 is 0.520 bits per heavy atom. The lowest BCUT2D eigenvalue weighted by atomic mass is 9.99. The zero-order valence-corrected chi connectivity index (χ0v) is 32.8. The molecule has 0 spiro atoms. The highest BCUT2D eigenvalue weighted by atomic mass is 16.6. The maximum Gasteiger partial charge on any atom is 0.306 e. The van der Waals surface area contributed by atoms with Crippen LogP contribution >= 0.6 is 0 Å². The van der Waals surface area contributed by atoms with Crippen molar-refractivity contribution in [3.05, 3.63) is 0 Å². The second-order valence-corrected chi connectivity index (χ2v) is 14.9. The lowest BCUT2D eigenvalue weighted by Gasteiger charge is -2.23. The molecule has 0 fully saturated rings. The fourth-order valence-corrected chi connectivity index (χ4v) is 5.64. The van der Waals surface area contributed by atoms with E-state index in [2.05, 4.69) is 6.92 Å². The molecule has 294 valence electrons. The van der Waals surface area contributed by atoms with Crippen LogP contribution in [0.4, 0.5) is 0 Å². The van der Waals surface area contributed by atoms with Crippen LogP contribution in [0.1, 0.15) is 174 Å². The number of hydrogen-bond acceptors (Lipinski definition) is 9. The Labute approximate surface area is 305 Å². The molecular formula is C40H76NO9+. The summed E-state index contributed by atoms with van der Waals surface area (Å²) in [6, 6.07) is 0. The second-order valence-electron chi connectivity index (χ2n) is 14.9. The number of carbonyl (C=O) groups excluding carboxylic acids is 4. The molecule has 0 aliphatic heterocycles. The molecular weight excluding hydrogens is 638 g/mol. The molecule has 2 unspecified atom stereocenters. The number of rotatable bonds is 35. The van der Waals surface area contributed by atoms with E-state index in [1.54, 1.807) is 0 Å². The second kappa shape index (κ2) is 32.7. The highest BCUT2D eigenvalue weighted by Gasteiger charge is 2.23. The number of unbranched alkanes of at least 4 members (excludes halogenated alkanes) is 16. The zero-order chi connectivity index (χ0) is 37.3. The zero-order valence-electron chi connectivity index (χ0n) is 32.8. The highest BCUT2D eigenvalue weighted by molar-refractivity contribution is 5.72. The van der Waals surface area contributed by atoms with Gasteiger partial charge in [-0.3, -0.25) is 19.2 Å². The Morgan fingerprint density at radius 3 is 1.50 bits per heavy atom.